The molecule has 0 fully saturated rings. The third-order valence-electron chi connectivity index (χ3n) is 3.27. The molecule has 0 atom stereocenters. The Labute approximate surface area is 142 Å². The van der Waals surface area contributed by atoms with Gasteiger partial charge in [0.25, 0.3) is 10.0 Å². The molecule has 132 valence electrons. The first-order valence-corrected chi connectivity index (χ1v) is 9.13. The summed E-state index contributed by atoms with van der Waals surface area (Å²) in [4.78, 5) is 12.6. The molecular formula is C14H23N7O2S. The lowest BCUT2D eigenvalue weighted by Gasteiger charge is -2.09. The standard InChI is InChI=1S/C14H23N7O2S/c1-5-15-14-18-10(2)8-12(20-14)16-6-7-17-24(22,23)13-9-21(4)11(3)19-13/h8-9,17H,5-7H2,1-4H3,(H2,15,16,18,20). The van der Waals surface area contributed by atoms with Crippen LogP contribution in [-0.2, 0) is 17.1 Å². The maximum atomic E-state index is 12.2. The van der Waals surface area contributed by atoms with Gasteiger partial charge in [-0.2, -0.15) is 4.98 Å². The van der Waals surface area contributed by atoms with Crippen LogP contribution in [0, 0.1) is 13.8 Å². The molecule has 0 aromatic carbocycles. The average molecular weight is 353 g/mol. The lowest BCUT2D eigenvalue weighted by molar-refractivity contribution is 0.579. The number of rotatable bonds is 8. The Balaban J connectivity index is 1.90. The number of nitrogens with one attached hydrogen (secondary N) is 3. The SMILES string of the molecule is CCNc1nc(C)cc(NCCNS(=O)(=O)c2cn(C)c(C)n2)n1. The van der Waals surface area contributed by atoms with Crippen molar-refractivity contribution in [2.75, 3.05) is 30.3 Å². The molecule has 2 rings (SSSR count). The first kappa shape index (κ1) is 18.1. The molecule has 0 saturated heterocycles. The van der Waals surface area contributed by atoms with Crippen molar-refractivity contribution in [3.8, 4) is 0 Å². The summed E-state index contributed by atoms with van der Waals surface area (Å²) in [6.07, 6.45) is 1.49. The highest BCUT2D eigenvalue weighted by Gasteiger charge is 2.17. The molecule has 2 aromatic rings. The van der Waals surface area contributed by atoms with E-state index in [1.165, 1.54) is 6.20 Å². The van der Waals surface area contributed by atoms with E-state index in [4.69, 9.17) is 0 Å². The summed E-state index contributed by atoms with van der Waals surface area (Å²) in [7, 11) is -1.86. The molecule has 0 radical (unpaired) electrons. The van der Waals surface area contributed by atoms with Gasteiger partial charge in [0.2, 0.25) is 5.95 Å². The molecule has 0 saturated carbocycles. The minimum absolute atomic E-state index is 0.0230. The van der Waals surface area contributed by atoms with Crippen LogP contribution in [0.1, 0.15) is 18.4 Å². The second-order valence-corrected chi connectivity index (χ2v) is 7.02. The van der Waals surface area contributed by atoms with E-state index in [0.29, 0.717) is 24.1 Å². The van der Waals surface area contributed by atoms with Gasteiger partial charge in [-0.25, -0.2) is 23.1 Å². The largest absolute Gasteiger partial charge is 0.369 e. The lowest BCUT2D eigenvalue weighted by Crippen LogP contribution is -2.29. The Kier molecular flexibility index (Phi) is 5.73. The van der Waals surface area contributed by atoms with Crippen LogP contribution < -0.4 is 15.4 Å². The monoisotopic (exact) mass is 353 g/mol. The molecule has 24 heavy (non-hydrogen) atoms. The van der Waals surface area contributed by atoms with Crippen LogP contribution in [0.25, 0.3) is 0 Å². The van der Waals surface area contributed by atoms with Crippen LogP contribution in [0.2, 0.25) is 0 Å². The fourth-order valence-electron chi connectivity index (χ4n) is 2.00. The minimum Gasteiger partial charge on any atom is -0.369 e. The zero-order chi connectivity index (χ0) is 17.7. The van der Waals surface area contributed by atoms with E-state index in [0.717, 1.165) is 12.2 Å². The van der Waals surface area contributed by atoms with Gasteiger partial charge in [-0.1, -0.05) is 0 Å². The van der Waals surface area contributed by atoms with Crippen molar-refractivity contribution in [2.24, 2.45) is 7.05 Å². The lowest BCUT2D eigenvalue weighted by atomic mass is 10.4. The highest BCUT2D eigenvalue weighted by atomic mass is 32.2. The van der Waals surface area contributed by atoms with Crippen molar-refractivity contribution in [1.82, 2.24) is 24.2 Å². The van der Waals surface area contributed by atoms with Crippen molar-refractivity contribution >= 4 is 21.8 Å². The van der Waals surface area contributed by atoms with Crippen LogP contribution in [0.5, 0.6) is 0 Å². The Morgan fingerprint density at radius 3 is 2.50 bits per heavy atom. The van der Waals surface area contributed by atoms with Crippen molar-refractivity contribution in [3.05, 3.63) is 23.8 Å². The van der Waals surface area contributed by atoms with Gasteiger partial charge < -0.3 is 15.2 Å². The fourth-order valence-corrected chi connectivity index (χ4v) is 3.07. The summed E-state index contributed by atoms with van der Waals surface area (Å²) < 4.78 is 28.5. The predicted octanol–water partition coefficient (Wildman–Crippen LogP) is 0.649. The zero-order valence-electron chi connectivity index (χ0n) is 14.3. The molecule has 0 amide bonds. The average Bonchev–Trinajstić information content (AvgIpc) is 2.84. The third-order valence-corrected chi connectivity index (χ3v) is 4.61. The van der Waals surface area contributed by atoms with Gasteiger partial charge in [0.05, 0.1) is 0 Å². The Morgan fingerprint density at radius 2 is 1.88 bits per heavy atom. The van der Waals surface area contributed by atoms with Crippen LogP contribution >= 0.6 is 0 Å². The molecule has 0 bridgehead atoms. The highest BCUT2D eigenvalue weighted by Crippen LogP contribution is 2.09. The first-order chi connectivity index (χ1) is 11.3. The molecule has 0 spiro atoms. The summed E-state index contributed by atoms with van der Waals surface area (Å²) in [5.41, 5.74) is 0.827. The molecule has 0 aliphatic carbocycles. The smallest absolute Gasteiger partial charge is 0.259 e. The topological polar surface area (TPSA) is 114 Å². The number of aryl methyl sites for hydroxylation is 3. The quantitative estimate of drug-likeness (QED) is 0.597. The number of hydrogen-bond donors (Lipinski definition) is 3. The van der Waals surface area contributed by atoms with Gasteiger partial charge in [-0.3, -0.25) is 0 Å². The van der Waals surface area contributed by atoms with E-state index < -0.39 is 10.0 Å². The van der Waals surface area contributed by atoms with Gasteiger partial charge in [-0.15, -0.1) is 0 Å². The second kappa shape index (κ2) is 7.58. The minimum atomic E-state index is -3.61. The first-order valence-electron chi connectivity index (χ1n) is 7.65. The van der Waals surface area contributed by atoms with Gasteiger partial charge >= 0.3 is 0 Å². The van der Waals surface area contributed by atoms with E-state index in [1.807, 2.05) is 13.8 Å². The molecule has 10 heteroatoms. The summed E-state index contributed by atoms with van der Waals surface area (Å²) in [6, 6.07) is 1.80. The van der Waals surface area contributed by atoms with Crippen LogP contribution in [-0.4, -0.2) is 47.6 Å². The number of imidazole rings is 1. The Morgan fingerprint density at radius 1 is 1.12 bits per heavy atom. The van der Waals surface area contributed by atoms with Crippen molar-refractivity contribution in [1.29, 1.82) is 0 Å². The normalized spacial score (nSPS) is 11.5. The van der Waals surface area contributed by atoms with Crippen molar-refractivity contribution in [3.63, 3.8) is 0 Å². The number of hydrogen-bond acceptors (Lipinski definition) is 7. The molecule has 0 unspecified atom stereocenters. The Bertz CT molecular complexity index is 782. The maximum absolute atomic E-state index is 12.2. The molecule has 0 aliphatic rings. The van der Waals surface area contributed by atoms with E-state index in [9.17, 15) is 8.42 Å². The second-order valence-electron chi connectivity index (χ2n) is 5.31. The summed E-state index contributed by atoms with van der Waals surface area (Å²) in [6.45, 7) is 6.93. The molecular weight excluding hydrogens is 330 g/mol. The van der Waals surface area contributed by atoms with Crippen LogP contribution in [0.3, 0.4) is 0 Å². The molecule has 2 heterocycles. The predicted molar refractivity (Wildman–Crippen MR) is 92.6 cm³/mol. The van der Waals surface area contributed by atoms with Crippen LogP contribution in [0.4, 0.5) is 11.8 Å². The molecule has 0 aliphatic heterocycles. The zero-order valence-corrected chi connectivity index (χ0v) is 15.1. The fraction of sp³-hybridized carbons (Fsp3) is 0.500. The maximum Gasteiger partial charge on any atom is 0.259 e. The summed E-state index contributed by atoms with van der Waals surface area (Å²) in [5, 5.41) is 6.15. The highest BCUT2D eigenvalue weighted by molar-refractivity contribution is 7.89. The Hall–Kier alpha value is -2.20. The van der Waals surface area contributed by atoms with Gasteiger partial charge in [0.15, 0.2) is 5.03 Å². The van der Waals surface area contributed by atoms with E-state index in [-0.39, 0.29) is 11.6 Å². The molecule has 3 N–H and O–H groups in total. The number of nitrogens with zero attached hydrogens (tertiary/aromatic N) is 4. The number of aromatic nitrogens is 4. The van der Waals surface area contributed by atoms with Crippen molar-refractivity contribution in [2.45, 2.75) is 25.8 Å². The number of sulfonamides is 1. The van der Waals surface area contributed by atoms with E-state index in [1.54, 1.807) is 24.6 Å². The van der Waals surface area contributed by atoms with Crippen molar-refractivity contribution < 1.29 is 8.42 Å². The number of anilines is 2. The van der Waals surface area contributed by atoms with Crippen LogP contribution in [0.15, 0.2) is 17.3 Å². The summed E-state index contributed by atoms with van der Waals surface area (Å²) >= 11 is 0. The van der Waals surface area contributed by atoms with Gasteiger partial charge in [0.1, 0.15) is 11.6 Å². The van der Waals surface area contributed by atoms with Gasteiger partial charge in [0, 0.05) is 44.6 Å². The molecule has 2 aromatic heterocycles. The van der Waals surface area contributed by atoms with E-state index in [2.05, 4.69) is 30.3 Å². The van der Waals surface area contributed by atoms with Gasteiger partial charge in [-0.05, 0) is 20.8 Å². The van der Waals surface area contributed by atoms with E-state index >= 15 is 0 Å². The molecule has 9 nitrogen and oxygen atoms in total. The summed E-state index contributed by atoms with van der Waals surface area (Å²) in [5.74, 6) is 1.83. The third kappa shape index (κ3) is 4.65.